The predicted molar refractivity (Wildman–Crippen MR) is 129 cm³/mol. The average Bonchev–Trinajstić information content (AvgIpc) is 2.73. The van der Waals surface area contributed by atoms with E-state index in [1.54, 1.807) is 0 Å². The Hall–Kier alpha value is -2.60. The first-order valence-corrected chi connectivity index (χ1v) is 10.5. The number of aryl methyl sites for hydroxylation is 3. The van der Waals surface area contributed by atoms with Gasteiger partial charge in [0.25, 0.3) is 0 Å². The lowest BCUT2D eigenvalue weighted by molar-refractivity contribution is 1.39. The van der Waals surface area contributed by atoms with Crippen molar-refractivity contribution < 1.29 is 0 Å². The molecule has 0 aromatic heterocycles. The summed E-state index contributed by atoms with van der Waals surface area (Å²) in [5, 5.41) is 0. The van der Waals surface area contributed by atoms with Crippen LogP contribution in [0.2, 0.25) is 0 Å². The minimum atomic E-state index is 1.27. The van der Waals surface area contributed by atoms with Crippen molar-refractivity contribution in [3.63, 3.8) is 0 Å². The van der Waals surface area contributed by atoms with Crippen molar-refractivity contribution in [1.82, 2.24) is 0 Å². The van der Waals surface area contributed by atoms with Gasteiger partial charge in [0.1, 0.15) is 0 Å². The first kappa shape index (κ1) is 23.4. The molecule has 0 N–H and O–H groups in total. The zero-order valence-corrected chi connectivity index (χ0v) is 18.9. The summed E-state index contributed by atoms with van der Waals surface area (Å²) < 4.78 is 0. The predicted octanol–water partition coefficient (Wildman–Crippen LogP) is 9.03. The lowest BCUT2D eigenvalue weighted by Crippen LogP contribution is -1.93. The maximum Gasteiger partial charge on any atom is -0.0106 e. The molecule has 0 aliphatic rings. The fraction of sp³-hybridized carbons (Fsp3) is 0.286. The van der Waals surface area contributed by atoms with Crippen LogP contribution >= 0.6 is 0 Å². The Balaban J connectivity index is 0.000000921. The molecule has 0 spiro atoms. The first-order chi connectivity index (χ1) is 13.6. The van der Waals surface area contributed by atoms with E-state index in [1.165, 1.54) is 44.5 Å². The van der Waals surface area contributed by atoms with Crippen LogP contribution in [-0.4, -0.2) is 0 Å². The molecule has 0 unspecified atom stereocenters. The molecule has 0 aliphatic heterocycles. The van der Waals surface area contributed by atoms with E-state index >= 15 is 0 Å². The molecule has 0 amide bonds. The van der Waals surface area contributed by atoms with Crippen LogP contribution in [0.5, 0.6) is 0 Å². The van der Waals surface area contributed by atoms with Crippen LogP contribution in [0, 0.1) is 20.8 Å². The maximum atomic E-state index is 2.33. The summed E-state index contributed by atoms with van der Waals surface area (Å²) in [6, 6.07) is 21.9. The molecule has 0 nitrogen and oxygen atoms in total. The van der Waals surface area contributed by atoms with Gasteiger partial charge < -0.3 is 0 Å². The fourth-order valence-electron chi connectivity index (χ4n) is 3.32. The average molecular weight is 373 g/mol. The number of hydrogen-bond donors (Lipinski definition) is 0. The second-order valence-corrected chi connectivity index (χ2v) is 6.38. The van der Waals surface area contributed by atoms with E-state index in [0.717, 1.165) is 0 Å². The second kappa shape index (κ2) is 12.0. The van der Waals surface area contributed by atoms with Gasteiger partial charge in [-0.3, -0.25) is 0 Å². The van der Waals surface area contributed by atoms with Crippen LogP contribution in [0.3, 0.4) is 0 Å². The number of benzene rings is 3. The van der Waals surface area contributed by atoms with Crippen LogP contribution in [0.1, 0.15) is 56.9 Å². The van der Waals surface area contributed by atoms with Crippen molar-refractivity contribution >= 4 is 6.08 Å². The van der Waals surface area contributed by atoms with E-state index in [1.807, 2.05) is 27.7 Å². The van der Waals surface area contributed by atoms with Crippen LogP contribution < -0.4 is 0 Å². The van der Waals surface area contributed by atoms with Gasteiger partial charge in [-0.2, -0.15) is 0 Å². The Morgan fingerprint density at radius 1 is 0.536 bits per heavy atom. The third kappa shape index (κ3) is 5.45. The third-order valence-corrected chi connectivity index (χ3v) is 4.61. The van der Waals surface area contributed by atoms with E-state index < -0.39 is 0 Å². The highest BCUT2D eigenvalue weighted by molar-refractivity contribution is 5.83. The lowest BCUT2D eigenvalue weighted by atomic mass is 9.88. The van der Waals surface area contributed by atoms with Crippen molar-refractivity contribution in [2.24, 2.45) is 0 Å². The molecule has 3 rings (SSSR count). The minimum Gasteiger partial charge on any atom is -0.0870 e. The minimum absolute atomic E-state index is 1.27. The zero-order valence-electron chi connectivity index (χ0n) is 18.9. The molecular formula is C28H36. The number of hydrogen-bond acceptors (Lipinski definition) is 0. The Kier molecular flexibility index (Phi) is 10.0. The largest absolute Gasteiger partial charge is 0.0870 e. The van der Waals surface area contributed by atoms with Gasteiger partial charge in [0.15, 0.2) is 0 Å². The van der Waals surface area contributed by atoms with Crippen LogP contribution in [0.15, 0.2) is 66.7 Å². The summed E-state index contributed by atoms with van der Waals surface area (Å²) in [4.78, 5) is 0. The van der Waals surface area contributed by atoms with Crippen LogP contribution in [0.4, 0.5) is 0 Å². The maximum absolute atomic E-state index is 2.33. The quantitative estimate of drug-likeness (QED) is 0.430. The molecule has 28 heavy (non-hydrogen) atoms. The highest BCUT2D eigenvalue weighted by Crippen LogP contribution is 2.35. The molecule has 0 bridgehead atoms. The molecule has 0 heterocycles. The van der Waals surface area contributed by atoms with Crippen molar-refractivity contribution in [2.45, 2.75) is 55.4 Å². The van der Waals surface area contributed by atoms with Gasteiger partial charge in [0.2, 0.25) is 0 Å². The number of rotatable bonds is 3. The van der Waals surface area contributed by atoms with E-state index in [0.29, 0.717) is 0 Å². The van der Waals surface area contributed by atoms with Crippen molar-refractivity contribution in [3.8, 4) is 22.3 Å². The molecule has 0 saturated heterocycles. The van der Waals surface area contributed by atoms with Gasteiger partial charge >= 0.3 is 0 Å². The fourth-order valence-corrected chi connectivity index (χ4v) is 3.32. The molecule has 148 valence electrons. The van der Waals surface area contributed by atoms with Gasteiger partial charge in [-0.15, -0.1) is 0 Å². The Bertz CT molecular complexity index is 898. The van der Waals surface area contributed by atoms with Crippen molar-refractivity contribution in [2.75, 3.05) is 0 Å². The van der Waals surface area contributed by atoms with Gasteiger partial charge in [0.05, 0.1) is 0 Å². The van der Waals surface area contributed by atoms with Crippen molar-refractivity contribution in [3.05, 3.63) is 89.0 Å². The SMILES string of the molecule is C/C=C/c1cc(-c2ccccc2C)c(C)cc1-c1ccccc1C.CC.CC. The Labute approximate surface area is 173 Å². The molecule has 0 atom stereocenters. The van der Waals surface area contributed by atoms with E-state index in [2.05, 4.69) is 101 Å². The Morgan fingerprint density at radius 3 is 1.46 bits per heavy atom. The highest BCUT2D eigenvalue weighted by Gasteiger charge is 2.11. The summed E-state index contributed by atoms with van der Waals surface area (Å²) in [5.41, 5.74) is 10.5. The molecule has 0 aliphatic carbocycles. The molecule has 0 heteroatoms. The summed E-state index contributed by atoms with van der Waals surface area (Å²) in [7, 11) is 0. The van der Waals surface area contributed by atoms with Gasteiger partial charge in [-0.25, -0.2) is 0 Å². The molecule has 0 saturated carbocycles. The second-order valence-electron chi connectivity index (χ2n) is 6.38. The monoisotopic (exact) mass is 372 g/mol. The normalized spacial score (nSPS) is 10.0. The van der Waals surface area contributed by atoms with Crippen LogP contribution in [-0.2, 0) is 0 Å². The smallest absolute Gasteiger partial charge is 0.0106 e. The summed E-state index contributed by atoms with van der Waals surface area (Å²) >= 11 is 0. The van der Waals surface area contributed by atoms with Gasteiger partial charge in [-0.05, 0) is 78.3 Å². The van der Waals surface area contributed by atoms with Gasteiger partial charge in [-0.1, -0.05) is 94.4 Å². The third-order valence-electron chi connectivity index (χ3n) is 4.61. The topological polar surface area (TPSA) is 0 Å². The summed E-state index contributed by atoms with van der Waals surface area (Å²) in [6.07, 6.45) is 4.33. The van der Waals surface area contributed by atoms with Crippen molar-refractivity contribution in [1.29, 1.82) is 0 Å². The first-order valence-electron chi connectivity index (χ1n) is 10.5. The van der Waals surface area contributed by atoms with E-state index in [4.69, 9.17) is 0 Å². The van der Waals surface area contributed by atoms with Gasteiger partial charge in [0, 0.05) is 0 Å². The summed E-state index contributed by atoms with van der Waals surface area (Å²) in [6.45, 7) is 16.6. The van der Waals surface area contributed by atoms with E-state index in [9.17, 15) is 0 Å². The molecular weight excluding hydrogens is 336 g/mol. The Morgan fingerprint density at radius 2 is 1.00 bits per heavy atom. The zero-order chi connectivity index (χ0) is 21.1. The molecule has 0 radical (unpaired) electrons. The van der Waals surface area contributed by atoms with Crippen LogP contribution in [0.25, 0.3) is 28.3 Å². The summed E-state index contributed by atoms with van der Waals surface area (Å²) in [5.74, 6) is 0. The lowest BCUT2D eigenvalue weighted by Gasteiger charge is -2.16. The van der Waals surface area contributed by atoms with E-state index in [-0.39, 0.29) is 0 Å². The molecule has 3 aromatic carbocycles. The molecule has 3 aromatic rings. The number of allylic oxidation sites excluding steroid dienone is 1. The standard InChI is InChI=1S/C24H24.2C2H6/c1-5-10-20-16-23(21-13-8-6-11-17(21)2)19(4)15-24(20)22-14-9-7-12-18(22)3;2*1-2/h5-16H,1-4H3;2*1-2H3/b10-5+;;. The molecule has 0 fully saturated rings. The highest BCUT2D eigenvalue weighted by atomic mass is 14.2.